The van der Waals surface area contributed by atoms with Crippen molar-refractivity contribution in [3.05, 3.63) is 58.9 Å². The van der Waals surface area contributed by atoms with Gasteiger partial charge in [0.25, 0.3) is 5.91 Å². The Hall–Kier alpha value is -2.86. The maximum atomic E-state index is 12.3. The Morgan fingerprint density at radius 3 is 2.77 bits per heavy atom. The molecule has 26 heavy (non-hydrogen) atoms. The first-order chi connectivity index (χ1) is 12.7. The number of hydrogen-bond donors (Lipinski definition) is 0. The second kappa shape index (κ2) is 7.17. The number of nitrogens with zero attached hydrogens (tertiary/aromatic N) is 2. The number of aryl methyl sites for hydroxylation is 1. The van der Waals surface area contributed by atoms with Crippen LogP contribution in [0.15, 0.2) is 53.5 Å². The van der Waals surface area contributed by atoms with Crippen LogP contribution in [0.4, 0.5) is 0 Å². The predicted octanol–water partition coefficient (Wildman–Crippen LogP) is 3.98. The van der Waals surface area contributed by atoms with E-state index in [9.17, 15) is 4.79 Å². The quantitative estimate of drug-likeness (QED) is 0.656. The number of rotatable bonds is 4. The lowest BCUT2D eigenvalue weighted by Gasteiger charge is -2.03. The summed E-state index contributed by atoms with van der Waals surface area (Å²) in [6.07, 6.45) is 4.23. The van der Waals surface area contributed by atoms with Crippen molar-refractivity contribution in [2.45, 2.75) is 19.9 Å². The molecule has 132 valence electrons. The molecule has 0 fully saturated rings. The molecule has 0 aliphatic carbocycles. The highest BCUT2D eigenvalue weighted by Crippen LogP contribution is 2.37. The fourth-order valence-electron chi connectivity index (χ4n) is 2.85. The summed E-state index contributed by atoms with van der Waals surface area (Å²) in [5.41, 5.74) is 1.99. The molecule has 0 atom stereocenters. The summed E-state index contributed by atoms with van der Waals surface area (Å²) in [6, 6.07) is 13.6. The SMILES string of the molecule is CCCn1c(=NC(=O)C=Cc2ccccc2)sc2cc3c(cc21)OCO3. The van der Waals surface area contributed by atoms with Crippen LogP contribution < -0.4 is 14.3 Å². The Morgan fingerprint density at radius 2 is 2.00 bits per heavy atom. The van der Waals surface area contributed by atoms with Crippen molar-refractivity contribution >= 4 is 33.5 Å². The third-order valence-electron chi connectivity index (χ3n) is 4.05. The molecule has 1 aliphatic rings. The molecular weight excluding hydrogens is 348 g/mol. The average Bonchev–Trinajstić information content (AvgIpc) is 3.24. The summed E-state index contributed by atoms with van der Waals surface area (Å²) in [4.78, 5) is 17.3. The van der Waals surface area contributed by atoms with Crippen molar-refractivity contribution in [2.75, 3.05) is 6.79 Å². The number of fused-ring (bicyclic) bond motifs is 2. The minimum absolute atomic E-state index is 0.250. The van der Waals surface area contributed by atoms with Crippen LogP contribution in [0.3, 0.4) is 0 Å². The summed E-state index contributed by atoms with van der Waals surface area (Å²) in [5, 5.41) is 0. The van der Waals surface area contributed by atoms with E-state index in [0.717, 1.165) is 40.2 Å². The van der Waals surface area contributed by atoms with Gasteiger partial charge in [0.05, 0.1) is 10.2 Å². The van der Waals surface area contributed by atoms with E-state index in [4.69, 9.17) is 9.47 Å². The third kappa shape index (κ3) is 3.28. The molecule has 1 aromatic heterocycles. The molecule has 1 aliphatic heterocycles. The van der Waals surface area contributed by atoms with Gasteiger partial charge in [-0.05, 0) is 18.1 Å². The van der Waals surface area contributed by atoms with Gasteiger partial charge in [-0.2, -0.15) is 4.99 Å². The molecule has 0 saturated carbocycles. The van der Waals surface area contributed by atoms with Crippen LogP contribution >= 0.6 is 11.3 Å². The van der Waals surface area contributed by atoms with Gasteiger partial charge < -0.3 is 14.0 Å². The van der Waals surface area contributed by atoms with Crippen LogP contribution in [0.1, 0.15) is 18.9 Å². The number of carbonyl (C=O) groups is 1. The summed E-state index contributed by atoms with van der Waals surface area (Å²) < 4.78 is 14.0. The molecule has 5 nitrogen and oxygen atoms in total. The first kappa shape index (κ1) is 16.6. The van der Waals surface area contributed by atoms with Crippen LogP contribution in [0.25, 0.3) is 16.3 Å². The lowest BCUT2D eigenvalue weighted by atomic mass is 10.2. The maximum absolute atomic E-state index is 12.3. The summed E-state index contributed by atoms with van der Waals surface area (Å²) >= 11 is 1.49. The van der Waals surface area contributed by atoms with Crippen LogP contribution in [0.5, 0.6) is 11.5 Å². The second-order valence-electron chi connectivity index (χ2n) is 5.90. The van der Waals surface area contributed by atoms with Crippen molar-refractivity contribution in [2.24, 2.45) is 4.99 Å². The highest BCUT2D eigenvalue weighted by atomic mass is 32.1. The Balaban J connectivity index is 1.72. The fourth-order valence-corrected chi connectivity index (χ4v) is 3.92. The number of aromatic nitrogens is 1. The molecule has 2 aromatic carbocycles. The summed E-state index contributed by atoms with van der Waals surface area (Å²) in [5.74, 6) is 1.21. The topological polar surface area (TPSA) is 52.8 Å². The summed E-state index contributed by atoms with van der Waals surface area (Å²) in [7, 11) is 0. The van der Waals surface area contributed by atoms with Gasteiger partial charge in [-0.25, -0.2) is 0 Å². The normalized spacial score (nSPS) is 13.8. The molecular formula is C20H18N2O3S. The van der Waals surface area contributed by atoms with Crippen molar-refractivity contribution in [3.63, 3.8) is 0 Å². The molecule has 0 saturated heterocycles. The number of amides is 1. The fraction of sp³-hybridized carbons (Fsp3) is 0.200. The number of thiazole rings is 1. The van der Waals surface area contributed by atoms with Crippen molar-refractivity contribution in [3.8, 4) is 11.5 Å². The minimum atomic E-state index is -0.273. The smallest absolute Gasteiger partial charge is 0.272 e. The monoisotopic (exact) mass is 366 g/mol. The van der Waals surface area contributed by atoms with E-state index in [2.05, 4.69) is 16.5 Å². The van der Waals surface area contributed by atoms with Crippen LogP contribution in [0, 0.1) is 0 Å². The van der Waals surface area contributed by atoms with Crippen molar-refractivity contribution in [1.82, 2.24) is 4.57 Å². The molecule has 0 bridgehead atoms. The molecule has 2 heterocycles. The van der Waals surface area contributed by atoms with Gasteiger partial charge in [0.15, 0.2) is 16.3 Å². The molecule has 6 heteroatoms. The zero-order valence-electron chi connectivity index (χ0n) is 14.3. The average molecular weight is 366 g/mol. The number of carbonyl (C=O) groups excluding carboxylic acids is 1. The predicted molar refractivity (Wildman–Crippen MR) is 102 cm³/mol. The van der Waals surface area contributed by atoms with Gasteiger partial charge in [-0.15, -0.1) is 0 Å². The molecule has 0 N–H and O–H groups in total. The second-order valence-corrected chi connectivity index (χ2v) is 6.91. The first-order valence-corrected chi connectivity index (χ1v) is 9.31. The Kier molecular flexibility index (Phi) is 4.58. The van der Waals surface area contributed by atoms with E-state index in [1.165, 1.54) is 17.4 Å². The molecule has 0 spiro atoms. The van der Waals surface area contributed by atoms with E-state index in [1.807, 2.05) is 42.5 Å². The van der Waals surface area contributed by atoms with Crippen molar-refractivity contribution < 1.29 is 14.3 Å². The van der Waals surface area contributed by atoms with Gasteiger partial charge in [-0.1, -0.05) is 48.6 Å². The van der Waals surface area contributed by atoms with Gasteiger partial charge in [0, 0.05) is 24.8 Å². The number of ether oxygens (including phenoxy) is 2. The van der Waals surface area contributed by atoms with Gasteiger partial charge in [0.1, 0.15) is 0 Å². The highest BCUT2D eigenvalue weighted by Gasteiger charge is 2.17. The third-order valence-corrected chi connectivity index (χ3v) is 5.09. The van der Waals surface area contributed by atoms with Gasteiger partial charge >= 0.3 is 0 Å². The van der Waals surface area contributed by atoms with Crippen molar-refractivity contribution in [1.29, 1.82) is 0 Å². The maximum Gasteiger partial charge on any atom is 0.272 e. The molecule has 4 rings (SSSR count). The van der Waals surface area contributed by atoms with E-state index in [1.54, 1.807) is 6.08 Å². The standard InChI is InChI=1S/C20H18N2O3S/c1-2-10-22-15-11-16-17(25-13-24-16)12-18(15)26-20(22)21-19(23)9-8-14-6-4-3-5-7-14/h3-9,11-12H,2,10,13H2,1H3. The lowest BCUT2D eigenvalue weighted by molar-refractivity contribution is -0.113. The Labute approximate surface area is 154 Å². The molecule has 0 radical (unpaired) electrons. The highest BCUT2D eigenvalue weighted by molar-refractivity contribution is 7.16. The Bertz CT molecular complexity index is 1050. The van der Waals surface area contributed by atoms with E-state index in [-0.39, 0.29) is 12.7 Å². The number of benzene rings is 2. The van der Waals surface area contributed by atoms with Crippen LogP contribution in [-0.4, -0.2) is 17.3 Å². The zero-order valence-corrected chi connectivity index (χ0v) is 15.2. The Morgan fingerprint density at radius 1 is 1.23 bits per heavy atom. The molecule has 0 unspecified atom stereocenters. The van der Waals surface area contributed by atoms with E-state index < -0.39 is 0 Å². The van der Waals surface area contributed by atoms with E-state index >= 15 is 0 Å². The molecule has 1 amide bonds. The van der Waals surface area contributed by atoms with Crippen LogP contribution in [-0.2, 0) is 11.3 Å². The molecule has 3 aromatic rings. The zero-order chi connectivity index (χ0) is 17.9. The van der Waals surface area contributed by atoms with E-state index in [0.29, 0.717) is 4.80 Å². The first-order valence-electron chi connectivity index (χ1n) is 8.49. The largest absolute Gasteiger partial charge is 0.454 e. The minimum Gasteiger partial charge on any atom is -0.454 e. The summed E-state index contributed by atoms with van der Waals surface area (Å²) in [6.45, 7) is 3.14. The lowest BCUT2D eigenvalue weighted by Crippen LogP contribution is -2.16. The van der Waals surface area contributed by atoms with Crippen LogP contribution in [0.2, 0.25) is 0 Å². The number of hydrogen-bond acceptors (Lipinski definition) is 4. The van der Waals surface area contributed by atoms with Gasteiger partial charge in [-0.3, -0.25) is 4.79 Å². The van der Waals surface area contributed by atoms with Gasteiger partial charge in [0.2, 0.25) is 6.79 Å².